The van der Waals surface area contributed by atoms with E-state index < -0.39 is 12.2 Å². The lowest BCUT2D eigenvalue weighted by molar-refractivity contribution is -0.253. The van der Waals surface area contributed by atoms with Crippen molar-refractivity contribution in [2.75, 3.05) is 32.6 Å². The fourth-order valence-electron chi connectivity index (χ4n) is 5.99. The number of anilines is 1. The van der Waals surface area contributed by atoms with Crippen molar-refractivity contribution in [1.29, 1.82) is 0 Å². The molecule has 1 saturated heterocycles. The minimum absolute atomic E-state index is 0.0169. The van der Waals surface area contributed by atoms with Crippen LogP contribution in [0.2, 0.25) is 0 Å². The second kappa shape index (κ2) is 16.0. The minimum atomic E-state index is -0.606. The maximum atomic E-state index is 12.4. The van der Waals surface area contributed by atoms with Crippen molar-refractivity contribution >= 4 is 17.5 Å². The predicted molar refractivity (Wildman–Crippen MR) is 170 cm³/mol. The van der Waals surface area contributed by atoms with E-state index in [1.807, 2.05) is 48.5 Å². The monoisotopic (exact) mass is 633 g/mol. The molecule has 46 heavy (non-hydrogen) atoms. The van der Waals surface area contributed by atoms with Gasteiger partial charge in [0, 0.05) is 50.1 Å². The average Bonchev–Trinajstić information content (AvgIpc) is 3.09. The Bertz CT molecular complexity index is 1460. The number of rotatable bonds is 13. The quantitative estimate of drug-likeness (QED) is 0.119. The van der Waals surface area contributed by atoms with Gasteiger partial charge in [-0.25, -0.2) is 5.48 Å². The van der Waals surface area contributed by atoms with Crippen LogP contribution in [0.3, 0.4) is 0 Å². The molecule has 3 atom stereocenters. The van der Waals surface area contributed by atoms with Gasteiger partial charge in [-0.3, -0.25) is 19.7 Å². The van der Waals surface area contributed by atoms with Gasteiger partial charge in [0.05, 0.1) is 33.0 Å². The number of carbonyl (C=O) groups excluding carboxylic acids is 2. The first kappa shape index (κ1) is 33.4. The van der Waals surface area contributed by atoms with Gasteiger partial charge in [0.2, 0.25) is 11.8 Å². The molecule has 0 radical (unpaired) electrons. The Hall–Kier alpha value is -4.00. The second-order valence-corrected chi connectivity index (χ2v) is 11.7. The molecule has 2 amide bonds. The SMILES string of the molecule is COc1cc2c(cc1OC)CN(CC1CC(c3ccc(CO)cc3)OC(c3ccc(NC(=O)CCCCC(=O)NO)cc3)O1)CC2. The number of aliphatic hydroxyl groups excluding tert-OH is 1. The van der Waals surface area contributed by atoms with Crippen LogP contribution in [-0.2, 0) is 38.6 Å². The number of fused-ring (bicyclic) bond motifs is 1. The maximum absolute atomic E-state index is 12.4. The lowest BCUT2D eigenvalue weighted by Crippen LogP contribution is -2.41. The Labute approximate surface area is 269 Å². The zero-order valence-electron chi connectivity index (χ0n) is 26.4. The highest BCUT2D eigenvalue weighted by atomic mass is 16.7. The molecule has 2 aliphatic rings. The van der Waals surface area contributed by atoms with Crippen molar-refractivity contribution in [3.05, 3.63) is 88.5 Å². The van der Waals surface area contributed by atoms with Crippen molar-refractivity contribution in [2.45, 2.75) is 70.2 Å². The summed E-state index contributed by atoms with van der Waals surface area (Å²) in [7, 11) is 3.31. The van der Waals surface area contributed by atoms with E-state index >= 15 is 0 Å². The second-order valence-electron chi connectivity index (χ2n) is 11.7. The van der Waals surface area contributed by atoms with Gasteiger partial charge in [0.1, 0.15) is 0 Å². The van der Waals surface area contributed by atoms with Crippen LogP contribution in [0.15, 0.2) is 60.7 Å². The van der Waals surface area contributed by atoms with E-state index in [-0.39, 0.29) is 37.6 Å². The number of nitrogens with one attached hydrogen (secondary N) is 2. The Balaban J connectivity index is 1.26. The molecular formula is C35H43N3O8. The molecule has 0 spiro atoms. The molecule has 5 rings (SSSR count). The topological polar surface area (TPSA) is 139 Å². The third-order valence-electron chi connectivity index (χ3n) is 8.52. The molecule has 2 heterocycles. The number of amides is 2. The highest BCUT2D eigenvalue weighted by Gasteiger charge is 2.34. The van der Waals surface area contributed by atoms with E-state index in [1.165, 1.54) is 11.1 Å². The first-order valence-electron chi connectivity index (χ1n) is 15.7. The van der Waals surface area contributed by atoms with Crippen LogP contribution >= 0.6 is 0 Å². The average molecular weight is 634 g/mol. The summed E-state index contributed by atoms with van der Waals surface area (Å²) in [6, 6.07) is 19.4. The van der Waals surface area contributed by atoms with E-state index in [1.54, 1.807) is 19.7 Å². The first-order valence-corrected chi connectivity index (χ1v) is 15.7. The number of carbonyl (C=O) groups is 2. The maximum Gasteiger partial charge on any atom is 0.243 e. The summed E-state index contributed by atoms with van der Waals surface area (Å²) < 4.78 is 24.1. The predicted octanol–water partition coefficient (Wildman–Crippen LogP) is 4.80. The largest absolute Gasteiger partial charge is 0.493 e. The summed E-state index contributed by atoms with van der Waals surface area (Å²) in [5.74, 6) is 0.866. The van der Waals surface area contributed by atoms with Crippen LogP contribution < -0.4 is 20.3 Å². The number of hydroxylamine groups is 1. The number of benzene rings is 3. The van der Waals surface area contributed by atoms with Gasteiger partial charge in [-0.15, -0.1) is 0 Å². The Kier molecular flexibility index (Phi) is 11.6. The Morgan fingerprint density at radius 2 is 1.54 bits per heavy atom. The van der Waals surface area contributed by atoms with Crippen LogP contribution in [0.1, 0.15) is 72.3 Å². The fraction of sp³-hybridized carbons (Fsp3) is 0.429. The summed E-state index contributed by atoms with van der Waals surface area (Å²) >= 11 is 0. The number of nitrogens with zero attached hydrogens (tertiary/aromatic N) is 1. The molecule has 0 aromatic heterocycles. The molecule has 0 bridgehead atoms. The van der Waals surface area contributed by atoms with E-state index in [9.17, 15) is 14.7 Å². The molecular weight excluding hydrogens is 590 g/mol. The summed E-state index contributed by atoms with van der Waals surface area (Å²) in [6.45, 7) is 2.39. The first-order chi connectivity index (χ1) is 22.4. The Morgan fingerprint density at radius 3 is 2.20 bits per heavy atom. The van der Waals surface area contributed by atoms with Gasteiger partial charge in [0.15, 0.2) is 17.8 Å². The zero-order valence-corrected chi connectivity index (χ0v) is 26.4. The summed E-state index contributed by atoms with van der Waals surface area (Å²) in [6.07, 6.45) is 2.15. The van der Waals surface area contributed by atoms with Crippen molar-refractivity contribution in [3.8, 4) is 11.5 Å². The fourth-order valence-corrected chi connectivity index (χ4v) is 5.99. The number of hydrogen-bond acceptors (Lipinski definition) is 9. The molecule has 3 aromatic rings. The van der Waals surface area contributed by atoms with Gasteiger partial charge >= 0.3 is 0 Å². The number of hydrogen-bond donors (Lipinski definition) is 4. The molecule has 3 aromatic carbocycles. The molecule has 2 aliphatic heterocycles. The van der Waals surface area contributed by atoms with E-state index in [0.717, 1.165) is 54.2 Å². The molecule has 1 fully saturated rings. The third kappa shape index (κ3) is 8.62. The van der Waals surface area contributed by atoms with Crippen LogP contribution in [0, 0.1) is 0 Å². The van der Waals surface area contributed by atoms with Crippen molar-refractivity contribution < 1.29 is 38.9 Å². The van der Waals surface area contributed by atoms with Crippen LogP contribution in [-0.4, -0.2) is 60.4 Å². The van der Waals surface area contributed by atoms with E-state index in [2.05, 4.69) is 22.3 Å². The van der Waals surface area contributed by atoms with Gasteiger partial charge in [-0.2, -0.15) is 0 Å². The van der Waals surface area contributed by atoms with Crippen LogP contribution in [0.4, 0.5) is 5.69 Å². The summed E-state index contributed by atoms with van der Waals surface area (Å²) in [4.78, 5) is 25.9. The molecule has 4 N–H and O–H groups in total. The molecule has 0 saturated carbocycles. The highest BCUT2D eigenvalue weighted by Crippen LogP contribution is 2.39. The van der Waals surface area contributed by atoms with Crippen molar-refractivity contribution in [1.82, 2.24) is 10.4 Å². The molecule has 11 nitrogen and oxygen atoms in total. The normalized spacial score (nSPS) is 19.6. The number of aliphatic hydroxyl groups is 1. The summed E-state index contributed by atoms with van der Waals surface area (Å²) in [5.41, 5.74) is 7.45. The standard InChI is InChI=1S/C35H43N3O8/c1-43-31-17-26-15-16-38(20-27(26)18-32(31)44-2)21-29-19-30(24-9-7-23(22-39)8-10-24)46-35(45-29)25-11-13-28(14-12-25)36-33(40)5-3-4-6-34(41)37-42/h7-14,17-18,29-30,35,39,42H,3-6,15-16,19-22H2,1-2H3,(H,36,40)(H,37,41). The van der Waals surface area contributed by atoms with Crippen LogP contribution in [0.25, 0.3) is 0 Å². The number of methoxy groups -OCH3 is 2. The van der Waals surface area contributed by atoms with E-state index in [0.29, 0.717) is 24.9 Å². The van der Waals surface area contributed by atoms with Gasteiger partial charge < -0.3 is 29.4 Å². The molecule has 3 unspecified atom stereocenters. The number of unbranched alkanes of at least 4 members (excludes halogenated alkanes) is 1. The zero-order chi connectivity index (χ0) is 32.5. The van der Waals surface area contributed by atoms with Gasteiger partial charge in [-0.05, 0) is 65.8 Å². The third-order valence-corrected chi connectivity index (χ3v) is 8.52. The smallest absolute Gasteiger partial charge is 0.243 e. The molecule has 246 valence electrons. The highest BCUT2D eigenvalue weighted by molar-refractivity contribution is 5.90. The number of ether oxygens (including phenoxy) is 4. The van der Waals surface area contributed by atoms with E-state index in [4.69, 9.17) is 24.2 Å². The molecule has 0 aliphatic carbocycles. The van der Waals surface area contributed by atoms with Crippen molar-refractivity contribution in [3.63, 3.8) is 0 Å². The summed E-state index contributed by atoms with van der Waals surface area (Å²) in [5, 5.41) is 21.0. The Morgan fingerprint density at radius 1 is 0.891 bits per heavy atom. The van der Waals surface area contributed by atoms with Gasteiger partial charge in [0.25, 0.3) is 0 Å². The van der Waals surface area contributed by atoms with Crippen molar-refractivity contribution in [2.24, 2.45) is 0 Å². The van der Waals surface area contributed by atoms with Gasteiger partial charge in [-0.1, -0.05) is 36.4 Å². The minimum Gasteiger partial charge on any atom is -0.493 e. The lowest BCUT2D eigenvalue weighted by Gasteiger charge is -2.39. The lowest BCUT2D eigenvalue weighted by atomic mass is 9.97. The molecule has 11 heteroatoms. The van der Waals surface area contributed by atoms with Crippen LogP contribution in [0.5, 0.6) is 11.5 Å².